The van der Waals surface area contributed by atoms with Crippen LogP contribution in [0.3, 0.4) is 0 Å². The maximum Gasteiger partial charge on any atom is 0.325 e. The van der Waals surface area contributed by atoms with Crippen LogP contribution in [0.5, 0.6) is 0 Å². The fraction of sp³-hybridized carbons (Fsp3) is 0.769. The summed E-state index contributed by atoms with van der Waals surface area (Å²) in [6, 6.07) is -0.447. The number of ether oxygens (including phenoxy) is 2. The van der Waals surface area contributed by atoms with Crippen LogP contribution in [0.25, 0.3) is 0 Å². The lowest BCUT2D eigenvalue weighted by Crippen LogP contribution is -2.46. The highest BCUT2D eigenvalue weighted by atomic mass is 16.5. The van der Waals surface area contributed by atoms with Gasteiger partial charge in [-0.3, -0.25) is 9.59 Å². The van der Waals surface area contributed by atoms with Gasteiger partial charge < -0.3 is 24.8 Å². The molecule has 0 spiro atoms. The molecule has 0 bridgehead atoms. The Bertz CT molecular complexity index is 348. The van der Waals surface area contributed by atoms with Crippen molar-refractivity contribution in [3.05, 3.63) is 0 Å². The first-order valence-corrected chi connectivity index (χ1v) is 6.87. The van der Waals surface area contributed by atoms with Gasteiger partial charge in [-0.1, -0.05) is 6.92 Å². The lowest BCUT2D eigenvalue weighted by atomic mass is 10.2. The Morgan fingerprint density at radius 1 is 1.29 bits per heavy atom. The molecule has 0 aromatic heterocycles. The molecule has 2 amide bonds. The topological polar surface area (TPSA) is 105 Å². The molecule has 0 aliphatic rings. The van der Waals surface area contributed by atoms with E-state index in [1.807, 2.05) is 6.92 Å². The maximum absolute atomic E-state index is 12.0. The Kier molecular flexibility index (Phi) is 9.95. The third kappa shape index (κ3) is 8.85. The number of esters is 1. The molecule has 0 rings (SSSR count). The fourth-order valence-corrected chi connectivity index (χ4v) is 1.63. The van der Waals surface area contributed by atoms with Crippen molar-refractivity contribution in [1.29, 1.82) is 0 Å². The van der Waals surface area contributed by atoms with Crippen LogP contribution in [0.1, 0.15) is 26.7 Å². The first kappa shape index (κ1) is 19.2. The molecule has 0 saturated heterocycles. The zero-order valence-electron chi connectivity index (χ0n) is 12.8. The van der Waals surface area contributed by atoms with E-state index in [9.17, 15) is 14.4 Å². The quantitative estimate of drug-likeness (QED) is 0.568. The van der Waals surface area contributed by atoms with Crippen molar-refractivity contribution in [3.8, 4) is 0 Å². The Balaban J connectivity index is 4.39. The van der Waals surface area contributed by atoms with Crippen LogP contribution >= 0.6 is 0 Å². The van der Waals surface area contributed by atoms with Crippen LogP contribution in [-0.2, 0) is 19.1 Å². The molecule has 8 nitrogen and oxygen atoms in total. The molecule has 122 valence electrons. The highest BCUT2D eigenvalue weighted by Crippen LogP contribution is 1.98. The predicted octanol–water partition coefficient (Wildman–Crippen LogP) is 0.461. The molecule has 0 aliphatic heterocycles. The van der Waals surface area contributed by atoms with E-state index in [0.29, 0.717) is 13.0 Å². The van der Waals surface area contributed by atoms with Gasteiger partial charge in [0.15, 0.2) is 0 Å². The van der Waals surface area contributed by atoms with E-state index in [1.54, 1.807) is 6.92 Å². The number of urea groups is 1. The van der Waals surface area contributed by atoms with Gasteiger partial charge in [-0.15, -0.1) is 0 Å². The van der Waals surface area contributed by atoms with Crippen LogP contribution in [0, 0.1) is 0 Å². The van der Waals surface area contributed by atoms with Crippen LogP contribution in [0.15, 0.2) is 0 Å². The summed E-state index contributed by atoms with van der Waals surface area (Å²) in [5, 5.41) is 11.2. The van der Waals surface area contributed by atoms with Crippen LogP contribution in [-0.4, -0.2) is 67.4 Å². The summed E-state index contributed by atoms with van der Waals surface area (Å²) in [5.74, 6) is -1.48. The molecule has 0 saturated carbocycles. The minimum Gasteiger partial charge on any atom is -0.481 e. The maximum atomic E-state index is 12.0. The fourth-order valence-electron chi connectivity index (χ4n) is 1.63. The molecule has 0 radical (unpaired) electrons. The summed E-state index contributed by atoms with van der Waals surface area (Å²) in [7, 11) is 1.38. The first-order chi connectivity index (χ1) is 9.94. The van der Waals surface area contributed by atoms with Crippen LogP contribution in [0.4, 0.5) is 4.79 Å². The van der Waals surface area contributed by atoms with Crippen LogP contribution < -0.4 is 5.32 Å². The molecule has 8 heteroatoms. The summed E-state index contributed by atoms with van der Waals surface area (Å²) in [6.45, 7) is 4.16. The SMILES string of the molecule is CCCN(CC(=O)OCC)C(=O)NCC(CC(=O)O)OC. The van der Waals surface area contributed by atoms with Gasteiger partial charge in [0.1, 0.15) is 6.54 Å². The van der Waals surface area contributed by atoms with Gasteiger partial charge >= 0.3 is 18.0 Å². The van der Waals surface area contributed by atoms with Gasteiger partial charge in [0.2, 0.25) is 0 Å². The predicted molar refractivity (Wildman–Crippen MR) is 74.9 cm³/mol. The second kappa shape index (κ2) is 10.9. The number of amides is 2. The van der Waals surface area contributed by atoms with Crippen molar-refractivity contribution in [2.45, 2.75) is 32.8 Å². The minimum absolute atomic E-state index is 0.0602. The van der Waals surface area contributed by atoms with Crippen molar-refractivity contribution in [3.63, 3.8) is 0 Å². The third-order valence-electron chi connectivity index (χ3n) is 2.62. The van der Waals surface area contributed by atoms with E-state index in [2.05, 4.69) is 5.32 Å². The van der Waals surface area contributed by atoms with Gasteiger partial charge in [-0.25, -0.2) is 4.79 Å². The average Bonchev–Trinajstić information content (AvgIpc) is 2.42. The van der Waals surface area contributed by atoms with Gasteiger partial charge in [0.25, 0.3) is 0 Å². The summed E-state index contributed by atoms with van der Waals surface area (Å²) in [6.07, 6.45) is -0.129. The normalized spacial score (nSPS) is 11.6. The second-order valence-corrected chi connectivity index (χ2v) is 4.37. The van der Waals surface area contributed by atoms with E-state index >= 15 is 0 Å². The monoisotopic (exact) mass is 304 g/mol. The van der Waals surface area contributed by atoms with Crippen LogP contribution in [0.2, 0.25) is 0 Å². The number of carboxylic acids is 1. The average molecular weight is 304 g/mol. The second-order valence-electron chi connectivity index (χ2n) is 4.37. The van der Waals surface area contributed by atoms with Gasteiger partial charge in [-0.05, 0) is 13.3 Å². The molecule has 0 aliphatic carbocycles. The largest absolute Gasteiger partial charge is 0.481 e. The van der Waals surface area contributed by atoms with E-state index in [-0.39, 0.29) is 26.1 Å². The number of carbonyl (C=O) groups excluding carboxylic acids is 2. The number of nitrogens with zero attached hydrogens (tertiary/aromatic N) is 1. The Morgan fingerprint density at radius 2 is 1.95 bits per heavy atom. The molecule has 21 heavy (non-hydrogen) atoms. The van der Waals surface area contributed by atoms with E-state index < -0.39 is 24.1 Å². The third-order valence-corrected chi connectivity index (χ3v) is 2.62. The van der Waals surface area contributed by atoms with E-state index in [1.165, 1.54) is 12.0 Å². The van der Waals surface area contributed by atoms with Gasteiger partial charge in [-0.2, -0.15) is 0 Å². The van der Waals surface area contributed by atoms with Gasteiger partial charge in [0, 0.05) is 20.2 Å². The summed E-state index contributed by atoms with van der Waals surface area (Å²) in [4.78, 5) is 35.3. The first-order valence-electron chi connectivity index (χ1n) is 6.87. The van der Waals surface area contributed by atoms with Crippen molar-refractivity contribution in [2.24, 2.45) is 0 Å². The number of nitrogens with one attached hydrogen (secondary N) is 1. The highest BCUT2D eigenvalue weighted by Gasteiger charge is 2.19. The van der Waals surface area contributed by atoms with E-state index in [4.69, 9.17) is 14.6 Å². The van der Waals surface area contributed by atoms with E-state index in [0.717, 1.165) is 0 Å². The lowest BCUT2D eigenvalue weighted by Gasteiger charge is -2.23. The smallest absolute Gasteiger partial charge is 0.325 e. The molecule has 0 aromatic rings. The molecular formula is C13H24N2O6. The Labute approximate surface area is 124 Å². The zero-order chi connectivity index (χ0) is 16.3. The highest BCUT2D eigenvalue weighted by molar-refractivity contribution is 5.81. The Morgan fingerprint density at radius 3 is 2.43 bits per heavy atom. The van der Waals surface area contributed by atoms with Crippen molar-refractivity contribution in [1.82, 2.24) is 10.2 Å². The lowest BCUT2D eigenvalue weighted by molar-refractivity contribution is -0.143. The Hall–Kier alpha value is -1.83. The molecule has 1 atom stereocenters. The molecular weight excluding hydrogens is 280 g/mol. The van der Waals surface area contributed by atoms with Gasteiger partial charge in [0.05, 0.1) is 19.1 Å². The number of carbonyl (C=O) groups is 3. The standard InChI is InChI=1S/C13H24N2O6/c1-4-6-15(9-12(18)21-5-2)13(19)14-8-10(20-3)7-11(16)17/h10H,4-9H2,1-3H3,(H,14,19)(H,16,17). The summed E-state index contributed by atoms with van der Waals surface area (Å²) < 4.78 is 9.77. The summed E-state index contributed by atoms with van der Waals surface area (Å²) >= 11 is 0. The number of rotatable bonds is 10. The zero-order valence-corrected chi connectivity index (χ0v) is 12.8. The minimum atomic E-state index is -1.01. The number of hydrogen-bond acceptors (Lipinski definition) is 5. The molecule has 2 N–H and O–H groups in total. The number of carboxylic acid groups (broad SMARTS) is 1. The number of hydrogen-bond donors (Lipinski definition) is 2. The van der Waals surface area contributed by atoms with Crippen molar-refractivity contribution in [2.75, 3.05) is 33.4 Å². The molecule has 1 unspecified atom stereocenters. The van der Waals surface area contributed by atoms with Crippen molar-refractivity contribution >= 4 is 18.0 Å². The molecule has 0 heterocycles. The summed E-state index contributed by atoms with van der Waals surface area (Å²) in [5.41, 5.74) is 0. The molecule has 0 aromatic carbocycles. The van der Waals surface area contributed by atoms with Crippen molar-refractivity contribution < 1.29 is 29.0 Å². The number of methoxy groups -OCH3 is 1. The molecule has 0 fully saturated rings. The number of aliphatic carboxylic acids is 1.